The third kappa shape index (κ3) is 5.82. The number of nitrogens with zero attached hydrogens (tertiary/aromatic N) is 5. The molecule has 0 amide bonds. The predicted octanol–water partition coefficient (Wildman–Crippen LogP) is 2.41. The molecule has 7 nitrogen and oxygen atoms in total. The van der Waals surface area contributed by atoms with Gasteiger partial charge in [0.2, 0.25) is 5.95 Å². The van der Waals surface area contributed by atoms with Gasteiger partial charge in [-0.1, -0.05) is 15.9 Å². The first-order chi connectivity index (χ1) is 13.3. The number of aromatic nitrogens is 2. The molecule has 1 aromatic carbocycles. The highest BCUT2D eigenvalue weighted by Crippen LogP contribution is 2.16. The summed E-state index contributed by atoms with van der Waals surface area (Å²) in [5.74, 6) is 2.59. The van der Waals surface area contributed by atoms with E-state index in [0.717, 1.165) is 54.9 Å². The molecule has 0 spiro atoms. The molecule has 3 rings (SSSR count). The Morgan fingerprint density at radius 2 is 1.85 bits per heavy atom. The summed E-state index contributed by atoms with van der Waals surface area (Å²) in [5.41, 5.74) is 0. The topological polar surface area (TPSA) is 65.9 Å². The summed E-state index contributed by atoms with van der Waals surface area (Å²) >= 11 is 3.42. The number of ether oxygens (including phenoxy) is 1. The summed E-state index contributed by atoms with van der Waals surface area (Å²) in [7, 11) is 0. The van der Waals surface area contributed by atoms with Gasteiger partial charge in [0.05, 0.1) is 6.54 Å². The van der Waals surface area contributed by atoms with Crippen LogP contribution >= 0.6 is 15.9 Å². The summed E-state index contributed by atoms with van der Waals surface area (Å²) in [6.45, 7) is 7.62. The number of aliphatic imine (C=N–C) groups is 1. The van der Waals surface area contributed by atoms with Gasteiger partial charge >= 0.3 is 0 Å². The Hall–Kier alpha value is -2.35. The first-order valence-corrected chi connectivity index (χ1v) is 9.99. The second-order valence-corrected chi connectivity index (χ2v) is 6.98. The molecular weight excluding hydrogens is 408 g/mol. The third-order valence-corrected chi connectivity index (χ3v) is 4.71. The van der Waals surface area contributed by atoms with E-state index in [4.69, 9.17) is 9.73 Å². The molecule has 144 valence electrons. The predicted molar refractivity (Wildman–Crippen MR) is 111 cm³/mol. The first-order valence-electron chi connectivity index (χ1n) is 9.20. The molecule has 1 aromatic heterocycles. The van der Waals surface area contributed by atoms with Crippen LogP contribution in [0.15, 0.2) is 52.2 Å². The van der Waals surface area contributed by atoms with Crippen molar-refractivity contribution < 1.29 is 4.74 Å². The Labute approximate surface area is 168 Å². The molecule has 27 heavy (non-hydrogen) atoms. The molecule has 2 aromatic rings. The molecule has 0 saturated carbocycles. The highest BCUT2D eigenvalue weighted by atomic mass is 79.9. The minimum Gasteiger partial charge on any atom is -0.492 e. The largest absolute Gasteiger partial charge is 0.492 e. The fourth-order valence-corrected chi connectivity index (χ4v) is 3.11. The number of halogens is 1. The summed E-state index contributed by atoms with van der Waals surface area (Å²) in [6, 6.07) is 9.68. The molecule has 1 aliphatic heterocycles. The van der Waals surface area contributed by atoms with E-state index in [1.807, 2.05) is 30.3 Å². The highest BCUT2D eigenvalue weighted by Gasteiger charge is 2.20. The number of hydrogen-bond acceptors (Lipinski definition) is 5. The minimum absolute atomic E-state index is 0.550. The number of rotatable bonds is 6. The van der Waals surface area contributed by atoms with Crippen LogP contribution in [0.2, 0.25) is 0 Å². The molecule has 0 bridgehead atoms. The van der Waals surface area contributed by atoms with Crippen LogP contribution in [0.3, 0.4) is 0 Å². The van der Waals surface area contributed by atoms with Gasteiger partial charge in [-0.25, -0.2) is 15.0 Å². The molecule has 1 N–H and O–H groups in total. The lowest BCUT2D eigenvalue weighted by Crippen LogP contribution is -2.53. The van der Waals surface area contributed by atoms with E-state index >= 15 is 0 Å². The van der Waals surface area contributed by atoms with Crippen LogP contribution in [0, 0.1) is 0 Å². The molecule has 1 saturated heterocycles. The van der Waals surface area contributed by atoms with E-state index in [1.54, 1.807) is 12.4 Å². The van der Waals surface area contributed by atoms with E-state index in [2.05, 4.69) is 47.9 Å². The van der Waals surface area contributed by atoms with Crippen molar-refractivity contribution in [1.82, 2.24) is 20.2 Å². The SMILES string of the molecule is CCNC(=NCCOc1ccc(Br)cc1)N1CCN(c2ncccn2)CC1. The second kappa shape index (κ2) is 10.1. The van der Waals surface area contributed by atoms with Gasteiger partial charge in [-0.05, 0) is 37.3 Å². The van der Waals surface area contributed by atoms with Crippen molar-refractivity contribution in [2.75, 3.05) is 50.8 Å². The molecule has 0 unspecified atom stereocenters. The van der Waals surface area contributed by atoms with Gasteiger partial charge in [0.1, 0.15) is 12.4 Å². The van der Waals surface area contributed by atoms with Crippen LogP contribution in [0.1, 0.15) is 6.92 Å². The summed E-state index contributed by atoms with van der Waals surface area (Å²) < 4.78 is 6.80. The lowest BCUT2D eigenvalue weighted by Gasteiger charge is -2.36. The van der Waals surface area contributed by atoms with E-state index < -0.39 is 0 Å². The van der Waals surface area contributed by atoms with Crippen LogP contribution < -0.4 is 15.0 Å². The molecule has 2 heterocycles. The van der Waals surface area contributed by atoms with E-state index in [0.29, 0.717) is 13.2 Å². The van der Waals surface area contributed by atoms with Gasteiger partial charge in [0, 0.05) is 49.6 Å². The van der Waals surface area contributed by atoms with E-state index in [1.165, 1.54) is 0 Å². The van der Waals surface area contributed by atoms with E-state index in [9.17, 15) is 0 Å². The average Bonchev–Trinajstić information content (AvgIpc) is 2.72. The summed E-state index contributed by atoms with van der Waals surface area (Å²) in [6.07, 6.45) is 3.57. The monoisotopic (exact) mass is 432 g/mol. The van der Waals surface area contributed by atoms with Crippen molar-refractivity contribution in [3.63, 3.8) is 0 Å². The Morgan fingerprint density at radius 3 is 2.52 bits per heavy atom. The van der Waals surface area contributed by atoms with Crippen molar-refractivity contribution in [2.24, 2.45) is 4.99 Å². The molecule has 8 heteroatoms. The van der Waals surface area contributed by atoms with Crippen molar-refractivity contribution >= 4 is 27.8 Å². The van der Waals surface area contributed by atoms with Crippen LogP contribution in [-0.4, -0.2) is 66.7 Å². The highest BCUT2D eigenvalue weighted by molar-refractivity contribution is 9.10. The molecule has 0 aliphatic carbocycles. The second-order valence-electron chi connectivity index (χ2n) is 6.06. The molecule has 1 aliphatic rings. The Kier molecular flexibility index (Phi) is 7.27. The van der Waals surface area contributed by atoms with Crippen LogP contribution in [0.5, 0.6) is 5.75 Å². The first kappa shape index (κ1) is 19.4. The number of benzene rings is 1. The van der Waals surface area contributed by atoms with Gasteiger partial charge in [-0.15, -0.1) is 0 Å². The van der Waals surface area contributed by atoms with Gasteiger partial charge in [0.25, 0.3) is 0 Å². The fourth-order valence-electron chi connectivity index (χ4n) is 2.84. The lowest BCUT2D eigenvalue weighted by atomic mass is 10.3. The van der Waals surface area contributed by atoms with Crippen molar-refractivity contribution in [1.29, 1.82) is 0 Å². The number of guanidine groups is 1. The van der Waals surface area contributed by atoms with Crippen molar-refractivity contribution in [3.8, 4) is 5.75 Å². The average molecular weight is 433 g/mol. The zero-order chi connectivity index (χ0) is 18.9. The maximum atomic E-state index is 5.75. The maximum Gasteiger partial charge on any atom is 0.225 e. The van der Waals surface area contributed by atoms with Crippen LogP contribution in [0.25, 0.3) is 0 Å². The van der Waals surface area contributed by atoms with E-state index in [-0.39, 0.29) is 0 Å². The zero-order valence-corrected chi connectivity index (χ0v) is 17.1. The number of nitrogens with one attached hydrogen (secondary N) is 1. The quantitative estimate of drug-likeness (QED) is 0.429. The number of hydrogen-bond donors (Lipinski definition) is 1. The normalized spacial score (nSPS) is 15.0. The Balaban J connectivity index is 1.49. The van der Waals surface area contributed by atoms with Gasteiger partial charge in [-0.3, -0.25) is 0 Å². The van der Waals surface area contributed by atoms with Crippen LogP contribution in [-0.2, 0) is 0 Å². The van der Waals surface area contributed by atoms with Gasteiger partial charge in [-0.2, -0.15) is 0 Å². The van der Waals surface area contributed by atoms with Gasteiger partial charge in [0.15, 0.2) is 5.96 Å². The maximum absolute atomic E-state index is 5.75. The smallest absolute Gasteiger partial charge is 0.225 e. The molecular formula is C19H25BrN6O. The third-order valence-electron chi connectivity index (χ3n) is 4.18. The molecule has 0 atom stereocenters. The van der Waals surface area contributed by atoms with Crippen LogP contribution in [0.4, 0.5) is 5.95 Å². The lowest BCUT2D eigenvalue weighted by molar-refractivity contribution is 0.325. The Morgan fingerprint density at radius 1 is 1.15 bits per heavy atom. The molecule has 0 radical (unpaired) electrons. The summed E-state index contributed by atoms with van der Waals surface area (Å²) in [4.78, 5) is 17.9. The van der Waals surface area contributed by atoms with Crippen molar-refractivity contribution in [2.45, 2.75) is 6.92 Å². The van der Waals surface area contributed by atoms with Gasteiger partial charge < -0.3 is 19.9 Å². The molecule has 1 fully saturated rings. The zero-order valence-electron chi connectivity index (χ0n) is 15.5. The number of piperazine rings is 1. The number of anilines is 1. The fraction of sp³-hybridized carbons (Fsp3) is 0.421. The minimum atomic E-state index is 0.550. The standard InChI is InChI=1S/C19H25BrN6O/c1-2-21-18(24-10-15-27-17-6-4-16(20)5-7-17)25-11-13-26(14-12-25)19-22-8-3-9-23-19/h3-9H,2,10-15H2,1H3,(H,21,24). The summed E-state index contributed by atoms with van der Waals surface area (Å²) in [5, 5.41) is 3.38. The van der Waals surface area contributed by atoms with Crippen molar-refractivity contribution in [3.05, 3.63) is 47.2 Å². The Bertz CT molecular complexity index is 717.